The Labute approximate surface area is 164 Å². The molecule has 8 heteroatoms. The van der Waals surface area contributed by atoms with Gasteiger partial charge in [0.05, 0.1) is 16.5 Å². The summed E-state index contributed by atoms with van der Waals surface area (Å²) in [5, 5.41) is 3.41. The number of nitrogens with zero attached hydrogens (tertiary/aromatic N) is 2. The third-order valence-electron chi connectivity index (χ3n) is 6.16. The molecule has 29 heavy (non-hydrogen) atoms. The van der Waals surface area contributed by atoms with E-state index in [4.69, 9.17) is 0 Å². The Kier molecular flexibility index (Phi) is 3.88. The standard InChI is InChI=1S/C21H19F3N4O/c22-21(23,24)15-6-3-4-13-17(15)26-19(27-18(13)29)28-10-8-20(9-11-28)12-25-16-7-2-1-5-14(16)20/h1-7,25H,8-12H2,(H,26,27,29). The van der Waals surface area contributed by atoms with E-state index < -0.39 is 17.3 Å². The number of alkyl halides is 3. The molecule has 2 aliphatic heterocycles. The van der Waals surface area contributed by atoms with Crippen molar-refractivity contribution in [2.75, 3.05) is 29.9 Å². The summed E-state index contributed by atoms with van der Waals surface area (Å²) in [7, 11) is 0. The van der Waals surface area contributed by atoms with Gasteiger partial charge in [0.1, 0.15) is 0 Å². The molecule has 3 aromatic rings. The van der Waals surface area contributed by atoms with Gasteiger partial charge in [0, 0.05) is 30.7 Å². The highest BCUT2D eigenvalue weighted by atomic mass is 19.4. The molecule has 2 aromatic carbocycles. The van der Waals surface area contributed by atoms with Crippen LogP contribution in [0.25, 0.3) is 10.9 Å². The summed E-state index contributed by atoms with van der Waals surface area (Å²) in [6.07, 6.45) is -2.90. The van der Waals surface area contributed by atoms with Gasteiger partial charge in [-0.2, -0.15) is 13.2 Å². The van der Waals surface area contributed by atoms with Gasteiger partial charge in [-0.25, -0.2) is 4.98 Å². The topological polar surface area (TPSA) is 61.0 Å². The van der Waals surface area contributed by atoms with Gasteiger partial charge < -0.3 is 10.2 Å². The zero-order valence-electron chi connectivity index (χ0n) is 15.5. The van der Waals surface area contributed by atoms with Gasteiger partial charge in [-0.3, -0.25) is 9.78 Å². The molecule has 2 aliphatic rings. The van der Waals surface area contributed by atoms with E-state index in [0.29, 0.717) is 13.1 Å². The van der Waals surface area contributed by atoms with Crippen LogP contribution in [0.4, 0.5) is 24.8 Å². The van der Waals surface area contributed by atoms with Gasteiger partial charge in [-0.15, -0.1) is 0 Å². The van der Waals surface area contributed by atoms with Crippen LogP contribution in [-0.2, 0) is 11.6 Å². The van der Waals surface area contributed by atoms with E-state index in [-0.39, 0.29) is 22.3 Å². The number of piperidine rings is 1. The minimum atomic E-state index is -4.57. The van der Waals surface area contributed by atoms with Crippen LogP contribution in [0.5, 0.6) is 0 Å². The first kappa shape index (κ1) is 18.0. The molecule has 0 radical (unpaired) electrons. The van der Waals surface area contributed by atoms with Crippen molar-refractivity contribution in [3.05, 3.63) is 63.9 Å². The Balaban J connectivity index is 1.48. The monoisotopic (exact) mass is 400 g/mol. The van der Waals surface area contributed by atoms with Gasteiger partial charge in [0.2, 0.25) is 5.95 Å². The van der Waals surface area contributed by atoms with Crippen LogP contribution in [-0.4, -0.2) is 29.6 Å². The van der Waals surface area contributed by atoms with Crippen LogP contribution in [0.1, 0.15) is 24.0 Å². The number of benzene rings is 2. The molecule has 150 valence electrons. The number of nitrogens with one attached hydrogen (secondary N) is 2. The third-order valence-corrected chi connectivity index (χ3v) is 6.16. The maximum Gasteiger partial charge on any atom is 0.418 e. The normalized spacial score (nSPS) is 18.1. The Hall–Kier alpha value is -3.03. The van der Waals surface area contributed by atoms with Crippen LogP contribution < -0.4 is 15.8 Å². The minimum Gasteiger partial charge on any atom is -0.384 e. The molecule has 1 aromatic heterocycles. The predicted octanol–water partition coefficient (Wildman–Crippen LogP) is 3.91. The number of hydrogen-bond acceptors (Lipinski definition) is 4. The summed E-state index contributed by atoms with van der Waals surface area (Å²) in [5.74, 6) is 0.202. The van der Waals surface area contributed by atoms with Crippen LogP contribution in [0.15, 0.2) is 47.3 Å². The first-order chi connectivity index (χ1) is 13.9. The lowest BCUT2D eigenvalue weighted by Gasteiger charge is -2.39. The van der Waals surface area contributed by atoms with Gasteiger partial charge in [-0.1, -0.05) is 24.3 Å². The number of rotatable bonds is 1. The second kappa shape index (κ2) is 6.23. The number of halogens is 3. The number of fused-ring (bicyclic) bond motifs is 3. The zero-order chi connectivity index (χ0) is 20.2. The van der Waals surface area contributed by atoms with Crippen molar-refractivity contribution in [1.82, 2.24) is 9.97 Å². The molecule has 5 nitrogen and oxygen atoms in total. The first-order valence-corrected chi connectivity index (χ1v) is 9.56. The van der Waals surface area contributed by atoms with Crippen LogP contribution in [0.3, 0.4) is 0 Å². The molecule has 0 aliphatic carbocycles. The lowest BCUT2D eigenvalue weighted by Crippen LogP contribution is -2.44. The van der Waals surface area contributed by atoms with Crippen molar-refractivity contribution >= 4 is 22.5 Å². The highest BCUT2D eigenvalue weighted by molar-refractivity contribution is 5.82. The Morgan fingerprint density at radius 3 is 2.55 bits per heavy atom. The summed E-state index contributed by atoms with van der Waals surface area (Å²) in [6.45, 7) is 2.07. The molecule has 1 spiro atoms. The molecule has 0 amide bonds. The molecule has 3 heterocycles. The van der Waals surface area contributed by atoms with E-state index in [1.165, 1.54) is 17.7 Å². The highest BCUT2D eigenvalue weighted by Gasteiger charge is 2.41. The molecular formula is C21H19F3N4O. The molecule has 0 atom stereocenters. The average Bonchev–Trinajstić information content (AvgIpc) is 3.06. The number of anilines is 2. The van der Waals surface area contributed by atoms with Crippen molar-refractivity contribution in [3.63, 3.8) is 0 Å². The molecule has 1 fully saturated rings. The average molecular weight is 400 g/mol. The van der Waals surface area contributed by atoms with Crippen molar-refractivity contribution in [2.45, 2.75) is 24.4 Å². The minimum absolute atomic E-state index is 0.0152. The third kappa shape index (κ3) is 2.85. The predicted molar refractivity (Wildman–Crippen MR) is 105 cm³/mol. The SMILES string of the molecule is O=c1[nH]c(N2CCC3(CC2)CNc2ccccc23)nc2c(C(F)(F)F)cccc12. The Morgan fingerprint density at radius 2 is 1.79 bits per heavy atom. The van der Waals surface area contributed by atoms with E-state index in [0.717, 1.165) is 31.1 Å². The molecule has 0 saturated carbocycles. The number of para-hydroxylation sites is 2. The highest BCUT2D eigenvalue weighted by Crippen LogP contribution is 2.44. The largest absolute Gasteiger partial charge is 0.418 e. The summed E-state index contributed by atoms with van der Waals surface area (Å²) in [4.78, 5) is 21.2. The van der Waals surface area contributed by atoms with E-state index in [2.05, 4.69) is 27.4 Å². The second-order valence-electron chi connectivity index (χ2n) is 7.76. The Bertz CT molecular complexity index is 1150. The summed E-state index contributed by atoms with van der Waals surface area (Å²) < 4.78 is 40.2. The molecule has 0 unspecified atom stereocenters. The molecule has 1 saturated heterocycles. The van der Waals surface area contributed by atoms with E-state index >= 15 is 0 Å². The maximum atomic E-state index is 13.4. The fourth-order valence-electron chi connectivity index (χ4n) is 4.58. The first-order valence-electron chi connectivity index (χ1n) is 9.56. The zero-order valence-corrected chi connectivity index (χ0v) is 15.5. The Morgan fingerprint density at radius 1 is 1.03 bits per heavy atom. The molecule has 0 bridgehead atoms. The van der Waals surface area contributed by atoms with Crippen LogP contribution >= 0.6 is 0 Å². The fourth-order valence-corrected chi connectivity index (χ4v) is 4.58. The molecular weight excluding hydrogens is 381 g/mol. The van der Waals surface area contributed by atoms with Crippen LogP contribution in [0.2, 0.25) is 0 Å². The van der Waals surface area contributed by atoms with Crippen molar-refractivity contribution < 1.29 is 13.2 Å². The number of hydrogen-bond donors (Lipinski definition) is 2. The lowest BCUT2D eigenvalue weighted by molar-refractivity contribution is -0.136. The summed E-state index contributed by atoms with van der Waals surface area (Å²) in [6, 6.07) is 11.8. The summed E-state index contributed by atoms with van der Waals surface area (Å²) in [5.41, 5.74) is 0.717. The fraction of sp³-hybridized carbons (Fsp3) is 0.333. The van der Waals surface area contributed by atoms with Gasteiger partial charge in [-0.05, 0) is 36.6 Å². The van der Waals surface area contributed by atoms with E-state index in [1.54, 1.807) is 0 Å². The number of aromatic amines is 1. The van der Waals surface area contributed by atoms with Gasteiger partial charge in [0.15, 0.2) is 0 Å². The summed E-state index contributed by atoms with van der Waals surface area (Å²) >= 11 is 0. The van der Waals surface area contributed by atoms with Crippen molar-refractivity contribution in [2.24, 2.45) is 0 Å². The molecule has 5 rings (SSSR count). The lowest BCUT2D eigenvalue weighted by atomic mass is 9.74. The number of aromatic nitrogens is 2. The second-order valence-corrected chi connectivity index (χ2v) is 7.76. The smallest absolute Gasteiger partial charge is 0.384 e. The number of H-pyrrole nitrogens is 1. The maximum absolute atomic E-state index is 13.4. The van der Waals surface area contributed by atoms with E-state index in [1.807, 2.05) is 17.0 Å². The van der Waals surface area contributed by atoms with E-state index in [9.17, 15) is 18.0 Å². The van der Waals surface area contributed by atoms with Crippen molar-refractivity contribution in [3.8, 4) is 0 Å². The van der Waals surface area contributed by atoms with Crippen LogP contribution in [0, 0.1) is 0 Å². The quantitative estimate of drug-likeness (QED) is 0.650. The van der Waals surface area contributed by atoms with Gasteiger partial charge >= 0.3 is 6.18 Å². The van der Waals surface area contributed by atoms with Crippen molar-refractivity contribution in [1.29, 1.82) is 0 Å². The van der Waals surface area contributed by atoms with Gasteiger partial charge in [0.25, 0.3) is 5.56 Å². The molecule has 2 N–H and O–H groups in total.